The second kappa shape index (κ2) is 8.77. The zero-order valence-electron chi connectivity index (χ0n) is 18.7. The number of carbonyl (C=O) groups excluding carboxylic acids is 1. The number of aryl methyl sites for hydroxylation is 3. The van der Waals surface area contributed by atoms with Crippen LogP contribution in [0.4, 0.5) is 5.69 Å². The first-order valence-electron chi connectivity index (χ1n) is 11.3. The first-order valence-corrected chi connectivity index (χ1v) is 12.1. The minimum atomic E-state index is -0.0436. The fourth-order valence-corrected chi connectivity index (χ4v) is 5.81. The van der Waals surface area contributed by atoms with Crippen molar-refractivity contribution in [2.24, 2.45) is 0 Å². The van der Waals surface area contributed by atoms with E-state index < -0.39 is 0 Å². The van der Waals surface area contributed by atoms with Gasteiger partial charge in [-0.1, -0.05) is 18.2 Å². The van der Waals surface area contributed by atoms with Gasteiger partial charge >= 0.3 is 0 Å². The molecular weight excluding hydrogens is 422 g/mol. The number of thiophene rings is 1. The van der Waals surface area contributed by atoms with Gasteiger partial charge in [0.05, 0.1) is 18.5 Å². The summed E-state index contributed by atoms with van der Waals surface area (Å²) in [6, 6.07) is 8.25. The average Bonchev–Trinajstić information content (AvgIpc) is 3.08. The Bertz CT molecular complexity index is 1210. The molecule has 32 heavy (non-hydrogen) atoms. The summed E-state index contributed by atoms with van der Waals surface area (Å²) in [4.78, 5) is 41.7. The lowest BCUT2D eigenvalue weighted by atomic mass is 10.0. The number of aromatic amines is 1. The number of benzene rings is 1. The van der Waals surface area contributed by atoms with Crippen molar-refractivity contribution in [1.29, 1.82) is 0 Å². The Balaban J connectivity index is 1.19. The summed E-state index contributed by atoms with van der Waals surface area (Å²) in [5.74, 6) is 0.906. The molecule has 3 aromatic rings. The molecule has 2 aromatic heterocycles. The van der Waals surface area contributed by atoms with Gasteiger partial charge in [-0.25, -0.2) is 4.98 Å². The summed E-state index contributed by atoms with van der Waals surface area (Å²) < 4.78 is 0. The third kappa shape index (κ3) is 4.10. The molecule has 2 aliphatic heterocycles. The number of anilines is 1. The smallest absolute Gasteiger partial charge is 0.259 e. The van der Waals surface area contributed by atoms with Crippen LogP contribution < -0.4 is 10.5 Å². The molecule has 0 radical (unpaired) electrons. The third-order valence-corrected chi connectivity index (χ3v) is 7.80. The third-order valence-electron chi connectivity index (χ3n) is 6.70. The number of nitrogens with one attached hydrogen (secondary N) is 1. The Morgan fingerprint density at radius 1 is 1.09 bits per heavy atom. The zero-order valence-corrected chi connectivity index (χ0v) is 19.5. The summed E-state index contributed by atoms with van der Waals surface area (Å²) in [5.41, 5.74) is 3.33. The van der Waals surface area contributed by atoms with E-state index in [9.17, 15) is 9.59 Å². The van der Waals surface area contributed by atoms with E-state index in [1.807, 2.05) is 30.9 Å². The summed E-state index contributed by atoms with van der Waals surface area (Å²) in [5, 5.41) is 0.721. The van der Waals surface area contributed by atoms with Crippen LogP contribution in [0.15, 0.2) is 29.1 Å². The minimum Gasteiger partial charge on any atom is -0.311 e. The van der Waals surface area contributed by atoms with Crippen molar-refractivity contribution < 1.29 is 4.79 Å². The van der Waals surface area contributed by atoms with Gasteiger partial charge in [-0.3, -0.25) is 19.4 Å². The molecule has 0 unspecified atom stereocenters. The molecule has 1 fully saturated rings. The lowest BCUT2D eigenvalue weighted by Gasteiger charge is -2.36. The van der Waals surface area contributed by atoms with Gasteiger partial charge < -0.3 is 9.88 Å². The van der Waals surface area contributed by atoms with Crippen molar-refractivity contribution in [2.75, 3.05) is 44.2 Å². The molecule has 168 valence electrons. The Morgan fingerprint density at radius 2 is 1.84 bits per heavy atom. The highest BCUT2D eigenvalue weighted by molar-refractivity contribution is 7.18. The van der Waals surface area contributed by atoms with Gasteiger partial charge in [-0.15, -0.1) is 11.3 Å². The molecule has 1 aromatic carbocycles. The number of nitrogens with zero attached hydrogens (tertiary/aromatic N) is 4. The SMILES string of the molecule is Cc1sc2nc(CN3CCN(CC(=O)N4CCCc5ccccc54)CC3)[nH]c(=O)c2c1C. The maximum Gasteiger partial charge on any atom is 0.259 e. The highest BCUT2D eigenvalue weighted by atomic mass is 32.1. The fraction of sp³-hybridized carbons (Fsp3) is 0.458. The Hall–Kier alpha value is -2.55. The molecule has 0 aliphatic carbocycles. The monoisotopic (exact) mass is 451 g/mol. The predicted octanol–water partition coefficient (Wildman–Crippen LogP) is 2.70. The zero-order chi connectivity index (χ0) is 22.2. The number of hydrogen-bond acceptors (Lipinski definition) is 6. The van der Waals surface area contributed by atoms with E-state index in [4.69, 9.17) is 4.98 Å². The predicted molar refractivity (Wildman–Crippen MR) is 129 cm³/mol. The first kappa shape index (κ1) is 21.3. The molecule has 7 nitrogen and oxygen atoms in total. The van der Waals surface area contributed by atoms with Crippen molar-refractivity contribution in [3.8, 4) is 0 Å². The summed E-state index contributed by atoms with van der Waals surface area (Å²) >= 11 is 1.58. The van der Waals surface area contributed by atoms with Crippen molar-refractivity contribution in [1.82, 2.24) is 19.8 Å². The second-order valence-electron chi connectivity index (χ2n) is 8.81. The van der Waals surface area contributed by atoms with Crippen LogP contribution >= 0.6 is 11.3 Å². The molecule has 1 amide bonds. The number of rotatable bonds is 4. The van der Waals surface area contributed by atoms with E-state index in [2.05, 4.69) is 26.9 Å². The van der Waals surface area contributed by atoms with E-state index in [1.165, 1.54) is 5.56 Å². The minimum absolute atomic E-state index is 0.0436. The van der Waals surface area contributed by atoms with Gasteiger partial charge in [0, 0.05) is 43.3 Å². The number of carbonyl (C=O) groups is 1. The topological polar surface area (TPSA) is 72.5 Å². The van der Waals surface area contributed by atoms with Crippen molar-refractivity contribution in [3.63, 3.8) is 0 Å². The maximum absolute atomic E-state index is 13.0. The highest BCUT2D eigenvalue weighted by Gasteiger charge is 2.26. The van der Waals surface area contributed by atoms with E-state index >= 15 is 0 Å². The number of amides is 1. The quantitative estimate of drug-likeness (QED) is 0.660. The molecule has 0 spiro atoms. The van der Waals surface area contributed by atoms with Crippen LogP contribution in [0, 0.1) is 13.8 Å². The molecule has 0 saturated carbocycles. The fourth-order valence-electron chi connectivity index (χ4n) is 4.76. The second-order valence-corrected chi connectivity index (χ2v) is 10.0. The number of aromatic nitrogens is 2. The van der Waals surface area contributed by atoms with Gasteiger partial charge in [-0.2, -0.15) is 0 Å². The highest BCUT2D eigenvalue weighted by Crippen LogP contribution is 2.27. The molecule has 1 saturated heterocycles. The van der Waals surface area contributed by atoms with Crippen LogP contribution in [-0.2, 0) is 17.8 Å². The molecule has 4 heterocycles. The van der Waals surface area contributed by atoms with Gasteiger partial charge in [-0.05, 0) is 43.9 Å². The number of fused-ring (bicyclic) bond motifs is 2. The Morgan fingerprint density at radius 3 is 2.66 bits per heavy atom. The lowest BCUT2D eigenvalue weighted by molar-refractivity contribution is -0.120. The van der Waals surface area contributed by atoms with E-state index in [0.717, 1.165) is 77.7 Å². The summed E-state index contributed by atoms with van der Waals surface area (Å²) in [7, 11) is 0. The van der Waals surface area contributed by atoms with Crippen LogP contribution in [0.1, 0.15) is 28.2 Å². The largest absolute Gasteiger partial charge is 0.311 e. The molecular formula is C24H29N5O2S. The number of para-hydroxylation sites is 1. The molecule has 2 aliphatic rings. The number of H-pyrrole nitrogens is 1. The van der Waals surface area contributed by atoms with E-state index in [-0.39, 0.29) is 11.5 Å². The Labute approximate surface area is 191 Å². The van der Waals surface area contributed by atoms with Crippen LogP contribution in [0.3, 0.4) is 0 Å². The maximum atomic E-state index is 13.0. The van der Waals surface area contributed by atoms with Crippen molar-refractivity contribution in [2.45, 2.75) is 33.2 Å². The van der Waals surface area contributed by atoms with Crippen LogP contribution in [0.25, 0.3) is 10.2 Å². The number of hydrogen-bond donors (Lipinski definition) is 1. The normalized spacial score (nSPS) is 17.6. The molecule has 8 heteroatoms. The van der Waals surface area contributed by atoms with Crippen molar-refractivity contribution in [3.05, 3.63) is 56.4 Å². The molecule has 0 atom stereocenters. The number of piperazine rings is 1. The molecule has 0 bridgehead atoms. The molecule has 5 rings (SSSR count). The van der Waals surface area contributed by atoms with E-state index in [0.29, 0.717) is 13.1 Å². The van der Waals surface area contributed by atoms with Gasteiger partial charge in [0.25, 0.3) is 5.56 Å². The van der Waals surface area contributed by atoms with Crippen molar-refractivity contribution >= 4 is 33.1 Å². The summed E-state index contributed by atoms with van der Waals surface area (Å²) in [6.07, 6.45) is 2.07. The Kier molecular flexibility index (Phi) is 5.84. The van der Waals surface area contributed by atoms with Gasteiger partial charge in [0.1, 0.15) is 10.7 Å². The van der Waals surface area contributed by atoms with E-state index in [1.54, 1.807) is 11.3 Å². The molecule has 1 N–H and O–H groups in total. The van der Waals surface area contributed by atoms with Gasteiger partial charge in [0.15, 0.2) is 0 Å². The lowest BCUT2D eigenvalue weighted by Crippen LogP contribution is -2.50. The average molecular weight is 452 g/mol. The van der Waals surface area contributed by atoms with Crippen LogP contribution in [0.5, 0.6) is 0 Å². The first-order chi connectivity index (χ1) is 15.5. The summed E-state index contributed by atoms with van der Waals surface area (Å²) in [6.45, 7) is 9.29. The van der Waals surface area contributed by atoms with Gasteiger partial charge in [0.2, 0.25) is 5.91 Å². The standard InChI is InChI=1S/C24H29N5O2S/c1-16-17(2)32-24-22(16)23(31)25-20(26-24)14-27-10-12-28(13-11-27)15-21(30)29-9-5-7-18-6-3-4-8-19(18)29/h3-4,6,8H,5,7,9-15H2,1-2H3,(H,25,26,31). The van der Waals surface area contributed by atoms with Crippen LogP contribution in [0.2, 0.25) is 0 Å². The van der Waals surface area contributed by atoms with Crippen LogP contribution in [-0.4, -0.2) is 64.9 Å².